The molecule has 4 rings (SSSR count). The number of carboxylic acids is 1. The van der Waals surface area contributed by atoms with Gasteiger partial charge >= 0.3 is 11.9 Å². The minimum absolute atomic E-state index is 0.0496. The summed E-state index contributed by atoms with van der Waals surface area (Å²) in [6.45, 7) is 11.7. The standard InChI is InChI=1S/C30H46N2O6/c1-15(2)8-7-9-17(27(36)37)21-20(38-16(3)33)14-30(6)22(21)24(32)25(35)26-28(4)12-11-19(34)23(31)18(28)10-13-29(26,30)5/h7-9,18-20,22-26,34-35H,10-14,31-32H2,1-6H3,(H,36,37)/b9-7+,21-17+/t18-,19+,20-,22+,23-,24-,25+,26-,28-,29-,30-/m0/s1. The zero-order valence-electron chi connectivity index (χ0n) is 23.6. The van der Waals surface area contributed by atoms with Gasteiger partial charge in [0, 0.05) is 24.9 Å². The predicted molar refractivity (Wildman–Crippen MR) is 145 cm³/mol. The summed E-state index contributed by atoms with van der Waals surface area (Å²) in [5.74, 6) is -2.24. The minimum Gasteiger partial charge on any atom is -0.478 e. The van der Waals surface area contributed by atoms with Crippen LogP contribution < -0.4 is 11.5 Å². The first kappa shape index (κ1) is 29.0. The van der Waals surface area contributed by atoms with Crippen molar-refractivity contribution in [2.45, 2.75) is 104 Å². The quantitative estimate of drug-likeness (QED) is 0.211. The number of aliphatic hydroxyl groups is 2. The zero-order valence-corrected chi connectivity index (χ0v) is 23.6. The van der Waals surface area contributed by atoms with Gasteiger partial charge in [0.2, 0.25) is 0 Å². The van der Waals surface area contributed by atoms with Gasteiger partial charge in [-0.15, -0.1) is 0 Å². The van der Waals surface area contributed by atoms with Crippen molar-refractivity contribution < 1.29 is 29.6 Å². The third kappa shape index (κ3) is 4.19. The number of rotatable bonds is 4. The Labute approximate surface area is 226 Å². The summed E-state index contributed by atoms with van der Waals surface area (Å²) < 4.78 is 5.81. The van der Waals surface area contributed by atoms with Crippen LogP contribution in [0.3, 0.4) is 0 Å². The minimum atomic E-state index is -1.11. The SMILES string of the molecule is CC(=O)O[C@H]1C[C@@]2(C)[C@H](/C1=C(\C=C\C=C(C)C)C(=O)O)[C@H](N)[C@@H](O)[C@H]1[C@@]3(C)CC[C@@H](O)[C@@H](N)[C@@H]3CC[C@@]12C. The third-order valence-corrected chi connectivity index (χ3v) is 11.1. The Morgan fingerprint density at radius 2 is 1.66 bits per heavy atom. The molecular weight excluding hydrogens is 484 g/mol. The average Bonchev–Trinajstić information content (AvgIpc) is 3.10. The highest BCUT2D eigenvalue weighted by molar-refractivity contribution is 5.91. The smallest absolute Gasteiger partial charge is 0.335 e. The first-order chi connectivity index (χ1) is 17.6. The Balaban J connectivity index is 1.91. The van der Waals surface area contributed by atoms with Crippen molar-refractivity contribution in [2.24, 2.45) is 45.5 Å². The van der Waals surface area contributed by atoms with E-state index in [0.717, 1.165) is 24.8 Å². The van der Waals surface area contributed by atoms with Gasteiger partial charge < -0.3 is 31.5 Å². The number of aliphatic hydroxyl groups excluding tert-OH is 2. The first-order valence-corrected chi connectivity index (χ1v) is 13.9. The molecule has 0 amide bonds. The lowest BCUT2D eigenvalue weighted by molar-refractivity contribution is -0.233. The van der Waals surface area contributed by atoms with Crippen molar-refractivity contribution in [3.63, 3.8) is 0 Å². The molecule has 4 aliphatic rings. The van der Waals surface area contributed by atoms with E-state index < -0.39 is 53.0 Å². The van der Waals surface area contributed by atoms with E-state index in [4.69, 9.17) is 16.2 Å². The zero-order chi connectivity index (χ0) is 28.4. The van der Waals surface area contributed by atoms with Crippen LogP contribution in [0.15, 0.2) is 34.9 Å². The maximum Gasteiger partial charge on any atom is 0.335 e. The van der Waals surface area contributed by atoms with Gasteiger partial charge in [0.1, 0.15) is 6.10 Å². The molecule has 0 radical (unpaired) electrons. The van der Waals surface area contributed by atoms with Gasteiger partial charge in [-0.05, 0) is 85.7 Å². The summed E-state index contributed by atoms with van der Waals surface area (Å²) in [6, 6.07) is -1.11. The fraction of sp³-hybridized carbons (Fsp3) is 0.733. The second-order valence-corrected chi connectivity index (χ2v) is 13.3. The first-order valence-electron chi connectivity index (χ1n) is 13.9. The lowest BCUT2D eigenvalue weighted by atomic mass is 9.36. The maximum atomic E-state index is 12.6. The summed E-state index contributed by atoms with van der Waals surface area (Å²) in [5.41, 5.74) is 13.7. The highest BCUT2D eigenvalue weighted by Crippen LogP contribution is 2.73. The molecule has 38 heavy (non-hydrogen) atoms. The Hall–Kier alpha value is -2.00. The lowest BCUT2D eigenvalue weighted by Crippen LogP contribution is -2.72. The number of carbonyl (C=O) groups is 2. The summed E-state index contributed by atoms with van der Waals surface area (Å²) >= 11 is 0. The molecule has 212 valence electrons. The van der Waals surface area contributed by atoms with Crippen LogP contribution >= 0.6 is 0 Å². The fourth-order valence-electron chi connectivity index (χ4n) is 9.28. The Kier molecular flexibility index (Phi) is 7.54. The normalized spacial score (nSPS) is 47.5. The van der Waals surface area contributed by atoms with Crippen LogP contribution in [0.1, 0.15) is 73.6 Å². The van der Waals surface area contributed by atoms with Crippen molar-refractivity contribution in [1.82, 2.24) is 0 Å². The molecule has 0 bridgehead atoms. The molecule has 0 saturated heterocycles. The summed E-state index contributed by atoms with van der Waals surface area (Å²) in [6.07, 6.45) is 6.16. The molecule has 0 aromatic heterocycles. The van der Waals surface area contributed by atoms with Gasteiger partial charge in [-0.1, -0.05) is 38.5 Å². The number of fused-ring (bicyclic) bond motifs is 5. The number of ether oxygens (including phenoxy) is 1. The monoisotopic (exact) mass is 530 g/mol. The molecule has 8 heteroatoms. The van der Waals surface area contributed by atoms with E-state index in [1.165, 1.54) is 6.92 Å². The van der Waals surface area contributed by atoms with Crippen LogP contribution in [0.25, 0.3) is 0 Å². The molecule has 0 aliphatic heterocycles. The second kappa shape index (κ2) is 9.88. The van der Waals surface area contributed by atoms with Gasteiger partial charge in [-0.3, -0.25) is 4.79 Å². The van der Waals surface area contributed by atoms with Gasteiger partial charge in [-0.2, -0.15) is 0 Å². The van der Waals surface area contributed by atoms with E-state index in [1.54, 1.807) is 12.2 Å². The van der Waals surface area contributed by atoms with Gasteiger partial charge in [0.05, 0.1) is 17.8 Å². The van der Waals surface area contributed by atoms with Crippen molar-refractivity contribution in [1.29, 1.82) is 0 Å². The van der Waals surface area contributed by atoms with Crippen LogP contribution in [0, 0.1) is 34.0 Å². The van der Waals surface area contributed by atoms with E-state index in [2.05, 4.69) is 20.8 Å². The van der Waals surface area contributed by atoms with E-state index in [0.29, 0.717) is 18.4 Å². The van der Waals surface area contributed by atoms with Crippen LogP contribution in [0.5, 0.6) is 0 Å². The summed E-state index contributed by atoms with van der Waals surface area (Å²) in [4.78, 5) is 24.8. The second-order valence-electron chi connectivity index (χ2n) is 13.3. The highest BCUT2D eigenvalue weighted by atomic mass is 16.5. The van der Waals surface area contributed by atoms with Gasteiger partial charge in [0.15, 0.2) is 0 Å². The maximum absolute atomic E-state index is 12.6. The van der Waals surface area contributed by atoms with Crippen LogP contribution in [0.2, 0.25) is 0 Å². The fourth-order valence-corrected chi connectivity index (χ4v) is 9.28. The number of allylic oxidation sites excluding steroid dienone is 3. The molecule has 4 aliphatic carbocycles. The number of esters is 1. The van der Waals surface area contributed by atoms with E-state index in [9.17, 15) is 24.9 Å². The van der Waals surface area contributed by atoms with E-state index in [-0.39, 0.29) is 28.9 Å². The van der Waals surface area contributed by atoms with Gasteiger partial charge in [0.25, 0.3) is 0 Å². The lowest BCUT2D eigenvalue weighted by Gasteiger charge is -2.69. The van der Waals surface area contributed by atoms with Crippen molar-refractivity contribution >= 4 is 11.9 Å². The highest BCUT2D eigenvalue weighted by Gasteiger charge is 2.72. The van der Waals surface area contributed by atoms with Crippen LogP contribution in [-0.4, -0.2) is 57.7 Å². The third-order valence-electron chi connectivity index (χ3n) is 11.1. The molecule has 0 unspecified atom stereocenters. The molecule has 0 aromatic carbocycles. The molecular formula is C30H46N2O6. The number of hydrogen-bond acceptors (Lipinski definition) is 7. The number of aliphatic carboxylic acids is 1. The number of nitrogens with two attached hydrogens (primary N) is 2. The van der Waals surface area contributed by atoms with Crippen molar-refractivity contribution in [3.05, 3.63) is 34.9 Å². The molecule has 7 N–H and O–H groups in total. The van der Waals surface area contributed by atoms with Crippen LogP contribution in [-0.2, 0) is 14.3 Å². The number of carboxylic acid groups (broad SMARTS) is 1. The predicted octanol–water partition coefficient (Wildman–Crippen LogP) is 3.07. The molecule has 0 aromatic rings. The topological polar surface area (TPSA) is 156 Å². The van der Waals surface area contributed by atoms with E-state index >= 15 is 0 Å². The van der Waals surface area contributed by atoms with Gasteiger partial charge in [-0.25, -0.2) is 4.79 Å². The Morgan fingerprint density at radius 3 is 2.24 bits per heavy atom. The summed E-state index contributed by atoms with van der Waals surface area (Å²) in [5, 5.41) is 32.8. The largest absolute Gasteiger partial charge is 0.478 e. The number of carbonyl (C=O) groups excluding carboxylic acids is 1. The Bertz CT molecular complexity index is 1080. The van der Waals surface area contributed by atoms with Crippen molar-refractivity contribution in [3.8, 4) is 0 Å². The van der Waals surface area contributed by atoms with Crippen molar-refractivity contribution in [2.75, 3.05) is 0 Å². The molecule has 11 atom stereocenters. The number of hydrogen-bond donors (Lipinski definition) is 5. The average molecular weight is 531 g/mol. The molecule has 0 heterocycles. The van der Waals surface area contributed by atoms with E-state index in [1.807, 2.05) is 19.9 Å². The summed E-state index contributed by atoms with van der Waals surface area (Å²) in [7, 11) is 0. The molecule has 0 spiro atoms. The van der Waals surface area contributed by atoms with Crippen LogP contribution in [0.4, 0.5) is 0 Å². The Morgan fingerprint density at radius 1 is 1.00 bits per heavy atom. The molecule has 8 nitrogen and oxygen atoms in total. The molecule has 4 fully saturated rings. The molecule has 4 saturated carbocycles.